The van der Waals surface area contributed by atoms with Crippen LogP contribution in [-0.4, -0.2) is 52.4 Å². The van der Waals surface area contributed by atoms with Gasteiger partial charge in [0.05, 0.1) is 16.7 Å². The lowest BCUT2D eigenvalue weighted by atomic mass is 10.1. The fourth-order valence-electron chi connectivity index (χ4n) is 3.64. The molecule has 1 heterocycles. The van der Waals surface area contributed by atoms with Gasteiger partial charge in [0.1, 0.15) is 16.6 Å². The summed E-state index contributed by atoms with van der Waals surface area (Å²) in [5, 5.41) is 11.0. The molecule has 2 unspecified atom stereocenters. The van der Waals surface area contributed by atoms with E-state index in [2.05, 4.69) is 4.90 Å². The third-order valence-corrected chi connectivity index (χ3v) is 5.66. The predicted molar refractivity (Wildman–Crippen MR) is 115 cm³/mol. The van der Waals surface area contributed by atoms with Gasteiger partial charge in [-0.2, -0.15) is 0 Å². The van der Waals surface area contributed by atoms with Gasteiger partial charge in [-0.05, 0) is 37.6 Å². The highest BCUT2D eigenvalue weighted by atomic mass is 35.5. The molecule has 166 valence electrons. The van der Waals surface area contributed by atoms with Gasteiger partial charge in [0.25, 0.3) is 11.6 Å². The molecule has 10 heteroatoms. The highest BCUT2D eigenvalue weighted by molar-refractivity contribution is 6.33. The summed E-state index contributed by atoms with van der Waals surface area (Å²) in [6.07, 6.45) is 0. The van der Waals surface area contributed by atoms with Crippen LogP contribution in [0.2, 0.25) is 5.02 Å². The number of ether oxygens (including phenoxy) is 1. The van der Waals surface area contributed by atoms with Crippen molar-refractivity contribution in [3.8, 4) is 5.75 Å². The van der Waals surface area contributed by atoms with Gasteiger partial charge < -0.3 is 15.4 Å². The number of benzene rings is 2. The maximum atomic E-state index is 13.1. The van der Waals surface area contributed by atoms with E-state index in [1.165, 1.54) is 18.2 Å². The van der Waals surface area contributed by atoms with Crippen LogP contribution in [0.3, 0.4) is 0 Å². The van der Waals surface area contributed by atoms with Crippen LogP contribution in [0.5, 0.6) is 5.75 Å². The molecule has 0 aromatic heterocycles. The molecule has 1 amide bonds. The Morgan fingerprint density at radius 1 is 1.26 bits per heavy atom. The largest absolute Gasteiger partial charge is 0.481 e. The van der Waals surface area contributed by atoms with Crippen molar-refractivity contribution in [3.05, 3.63) is 62.9 Å². The molecule has 1 saturated heterocycles. The van der Waals surface area contributed by atoms with Crippen LogP contribution >= 0.6 is 11.6 Å². The number of piperazine rings is 1. The number of hydrogen-bond donors (Lipinski definition) is 1. The van der Waals surface area contributed by atoms with E-state index in [9.17, 15) is 19.3 Å². The first kappa shape index (κ1) is 22.8. The van der Waals surface area contributed by atoms with Crippen LogP contribution in [0.1, 0.15) is 19.4 Å². The lowest BCUT2D eigenvalue weighted by Crippen LogP contribution is -2.58. The first-order valence-electron chi connectivity index (χ1n) is 9.80. The molecule has 1 aliphatic heterocycles. The van der Waals surface area contributed by atoms with E-state index in [1.807, 2.05) is 13.8 Å². The van der Waals surface area contributed by atoms with Gasteiger partial charge in [-0.1, -0.05) is 23.7 Å². The van der Waals surface area contributed by atoms with Gasteiger partial charge in [0.15, 0.2) is 6.61 Å². The van der Waals surface area contributed by atoms with E-state index in [4.69, 9.17) is 22.1 Å². The Hall–Kier alpha value is -2.91. The van der Waals surface area contributed by atoms with E-state index >= 15 is 0 Å². The number of nitrogens with zero attached hydrogens (tertiary/aromatic N) is 3. The van der Waals surface area contributed by atoms with E-state index in [0.29, 0.717) is 19.6 Å². The average molecular weight is 451 g/mol. The topological polar surface area (TPSA) is 102 Å². The summed E-state index contributed by atoms with van der Waals surface area (Å²) >= 11 is 5.82. The van der Waals surface area contributed by atoms with Crippen molar-refractivity contribution in [2.75, 3.05) is 25.4 Å². The molecule has 3 rings (SSSR count). The molecule has 0 spiro atoms. The van der Waals surface area contributed by atoms with Gasteiger partial charge in [0, 0.05) is 31.7 Å². The monoisotopic (exact) mass is 450 g/mol. The number of carbonyl (C=O) groups is 1. The zero-order valence-corrected chi connectivity index (χ0v) is 18.0. The number of anilines is 1. The van der Waals surface area contributed by atoms with E-state index in [-0.39, 0.29) is 52.6 Å². The minimum absolute atomic E-state index is 0.0418. The number of carbonyl (C=O) groups excluding carboxylic acids is 1. The predicted octanol–water partition coefficient (Wildman–Crippen LogP) is 3.47. The Kier molecular flexibility index (Phi) is 6.97. The molecule has 2 atom stereocenters. The van der Waals surface area contributed by atoms with Crippen molar-refractivity contribution < 1.29 is 18.8 Å². The molecule has 31 heavy (non-hydrogen) atoms. The minimum Gasteiger partial charge on any atom is -0.481 e. The summed E-state index contributed by atoms with van der Waals surface area (Å²) in [5.41, 5.74) is 6.60. The second-order valence-electron chi connectivity index (χ2n) is 7.69. The smallest absolute Gasteiger partial charge is 0.291 e. The first-order chi connectivity index (χ1) is 14.7. The molecule has 8 nitrogen and oxygen atoms in total. The van der Waals surface area contributed by atoms with E-state index in [1.54, 1.807) is 17.0 Å². The zero-order valence-electron chi connectivity index (χ0n) is 17.3. The number of nitrogens with two attached hydrogens (primary N) is 1. The average Bonchev–Trinajstić information content (AvgIpc) is 2.71. The van der Waals surface area contributed by atoms with Crippen LogP contribution < -0.4 is 10.5 Å². The number of nitrogen functional groups attached to an aromatic ring is 1. The third-order valence-electron chi connectivity index (χ3n) is 5.36. The van der Waals surface area contributed by atoms with Crippen LogP contribution in [0.4, 0.5) is 15.8 Å². The summed E-state index contributed by atoms with van der Waals surface area (Å²) in [4.78, 5) is 27.2. The van der Waals surface area contributed by atoms with E-state index < -0.39 is 4.92 Å². The maximum absolute atomic E-state index is 13.1. The van der Waals surface area contributed by atoms with Crippen LogP contribution in [0.25, 0.3) is 0 Å². The lowest BCUT2D eigenvalue weighted by molar-refractivity contribution is -0.384. The molecule has 1 fully saturated rings. The number of nitro groups is 1. The molecular formula is C21H24ClFN4O4. The van der Waals surface area contributed by atoms with Gasteiger partial charge >= 0.3 is 0 Å². The molecule has 1 aliphatic rings. The SMILES string of the molecule is CC1CN(C(=O)COc2cc([N+](=O)[O-])c(Cl)cc2N)C(C)CN1Cc1ccc(F)cc1. The fourth-order valence-corrected chi connectivity index (χ4v) is 3.88. The lowest BCUT2D eigenvalue weighted by Gasteiger charge is -2.44. The summed E-state index contributed by atoms with van der Waals surface area (Å²) in [5.74, 6) is -0.467. The Morgan fingerprint density at radius 3 is 2.58 bits per heavy atom. The second kappa shape index (κ2) is 9.49. The molecule has 0 bridgehead atoms. The van der Waals surface area contributed by atoms with Gasteiger partial charge in [-0.25, -0.2) is 4.39 Å². The fraction of sp³-hybridized carbons (Fsp3) is 0.381. The van der Waals surface area contributed by atoms with Crippen LogP contribution in [0.15, 0.2) is 36.4 Å². The van der Waals surface area contributed by atoms with Crippen molar-refractivity contribution >= 4 is 28.9 Å². The van der Waals surface area contributed by atoms with Crippen molar-refractivity contribution in [2.45, 2.75) is 32.5 Å². The van der Waals surface area contributed by atoms with E-state index in [0.717, 1.165) is 11.6 Å². The molecule has 2 aromatic rings. The highest BCUT2D eigenvalue weighted by Crippen LogP contribution is 2.34. The summed E-state index contributed by atoms with van der Waals surface area (Å²) in [6, 6.07) is 8.77. The second-order valence-corrected chi connectivity index (χ2v) is 8.09. The number of amides is 1. The zero-order chi connectivity index (χ0) is 22.7. The molecule has 0 radical (unpaired) electrons. The number of rotatable bonds is 6. The Balaban J connectivity index is 1.61. The standard InChI is InChI=1S/C21H24ClFN4O4/c1-13-10-26(14(2)9-25(13)11-15-3-5-16(23)6-4-15)21(28)12-31-20-8-19(27(29)30)17(22)7-18(20)24/h3-8,13-14H,9-12,24H2,1-2H3. The number of nitro benzene ring substituents is 1. The molecule has 2 N–H and O–H groups in total. The highest BCUT2D eigenvalue weighted by Gasteiger charge is 2.32. The van der Waals surface area contributed by atoms with Crippen molar-refractivity contribution in [1.29, 1.82) is 0 Å². The Morgan fingerprint density at radius 2 is 1.94 bits per heavy atom. The van der Waals surface area contributed by atoms with Gasteiger partial charge in [-0.15, -0.1) is 0 Å². The quantitative estimate of drug-likeness (QED) is 0.410. The Labute approximate surface area is 184 Å². The van der Waals surface area contributed by atoms with Crippen molar-refractivity contribution in [2.24, 2.45) is 0 Å². The number of hydrogen-bond acceptors (Lipinski definition) is 6. The molecule has 2 aromatic carbocycles. The normalized spacial score (nSPS) is 19.3. The molecule has 0 saturated carbocycles. The molecular weight excluding hydrogens is 427 g/mol. The first-order valence-corrected chi connectivity index (χ1v) is 10.2. The van der Waals surface area contributed by atoms with Crippen LogP contribution in [0, 0.1) is 15.9 Å². The molecule has 0 aliphatic carbocycles. The Bertz CT molecular complexity index is 973. The summed E-state index contributed by atoms with van der Waals surface area (Å²) in [7, 11) is 0. The van der Waals surface area contributed by atoms with Crippen molar-refractivity contribution in [1.82, 2.24) is 9.80 Å². The van der Waals surface area contributed by atoms with Gasteiger partial charge in [-0.3, -0.25) is 19.8 Å². The summed E-state index contributed by atoms with van der Waals surface area (Å²) in [6.45, 7) is 5.49. The third kappa shape index (κ3) is 5.42. The van der Waals surface area contributed by atoms with Crippen molar-refractivity contribution in [3.63, 3.8) is 0 Å². The summed E-state index contributed by atoms with van der Waals surface area (Å²) < 4.78 is 18.6. The van der Waals surface area contributed by atoms with Crippen LogP contribution in [-0.2, 0) is 11.3 Å². The number of halogens is 2. The minimum atomic E-state index is -0.638. The maximum Gasteiger partial charge on any atom is 0.291 e. The van der Waals surface area contributed by atoms with Gasteiger partial charge in [0.2, 0.25) is 0 Å².